The van der Waals surface area contributed by atoms with Crippen LogP contribution in [0.2, 0.25) is 0 Å². The summed E-state index contributed by atoms with van der Waals surface area (Å²) in [4.78, 5) is 28.0. The maximum absolute atomic E-state index is 13.5. The van der Waals surface area contributed by atoms with E-state index in [9.17, 15) is 9.59 Å². The van der Waals surface area contributed by atoms with Crippen LogP contribution in [-0.4, -0.2) is 50.6 Å². The summed E-state index contributed by atoms with van der Waals surface area (Å²) in [5, 5.41) is 2.96. The molecule has 0 aromatic heterocycles. The number of hydrogen-bond acceptors (Lipinski definition) is 4. The summed E-state index contributed by atoms with van der Waals surface area (Å²) in [6.07, 6.45) is 0.541. The zero-order valence-electron chi connectivity index (χ0n) is 18.9. The number of ether oxygens (including phenoxy) is 2. The molecule has 4 rings (SSSR count). The van der Waals surface area contributed by atoms with Crippen molar-refractivity contribution in [2.45, 2.75) is 6.42 Å². The molecule has 6 heteroatoms. The molecule has 2 amide bonds. The fourth-order valence-corrected chi connectivity index (χ4v) is 4.25. The Kier molecular flexibility index (Phi) is 6.93. The average molecular weight is 445 g/mol. The first kappa shape index (κ1) is 22.4. The second-order valence-electron chi connectivity index (χ2n) is 8.05. The Morgan fingerprint density at radius 3 is 2.30 bits per heavy atom. The molecule has 6 nitrogen and oxygen atoms in total. The van der Waals surface area contributed by atoms with Crippen molar-refractivity contribution in [1.29, 1.82) is 0 Å². The molecule has 1 unspecified atom stereocenters. The normalized spacial score (nSPS) is 16.0. The summed E-state index contributed by atoms with van der Waals surface area (Å²) in [5.74, 6) is 0.305. The molecule has 1 saturated heterocycles. The van der Waals surface area contributed by atoms with Crippen molar-refractivity contribution in [3.05, 3.63) is 83.9 Å². The zero-order valence-corrected chi connectivity index (χ0v) is 18.9. The summed E-state index contributed by atoms with van der Waals surface area (Å²) >= 11 is 0. The number of carbonyl (C=O) groups is 2. The Hall–Kier alpha value is -3.80. The van der Waals surface area contributed by atoms with Crippen LogP contribution in [0.3, 0.4) is 0 Å². The number of carbonyl (C=O) groups excluding carboxylic acids is 2. The van der Waals surface area contributed by atoms with Crippen molar-refractivity contribution in [3.63, 3.8) is 0 Å². The standard InChI is InChI=1S/C27H28N2O4/c1-32-23-12-7-13-24(33-2)25(23)27(31)29-15-14-28-26(30)22(18-29)17-19-8-6-11-21(16-19)20-9-4-3-5-10-20/h3-13,16,22H,14-15,17-18H2,1-2H3,(H,28,30). The molecule has 1 aliphatic heterocycles. The van der Waals surface area contributed by atoms with E-state index < -0.39 is 0 Å². The number of benzene rings is 3. The van der Waals surface area contributed by atoms with Gasteiger partial charge in [-0.25, -0.2) is 0 Å². The van der Waals surface area contributed by atoms with Gasteiger partial charge in [-0.05, 0) is 35.2 Å². The molecule has 33 heavy (non-hydrogen) atoms. The Bertz CT molecular complexity index is 1110. The predicted octanol–water partition coefficient (Wildman–Crippen LogP) is 3.80. The fourth-order valence-electron chi connectivity index (χ4n) is 4.25. The van der Waals surface area contributed by atoms with Gasteiger partial charge in [0.1, 0.15) is 17.1 Å². The molecule has 0 aliphatic carbocycles. The lowest BCUT2D eigenvalue weighted by Gasteiger charge is -2.25. The Morgan fingerprint density at radius 1 is 0.939 bits per heavy atom. The summed E-state index contributed by atoms with van der Waals surface area (Å²) in [6, 6.07) is 23.6. The van der Waals surface area contributed by atoms with Crippen LogP contribution >= 0.6 is 0 Å². The molecular formula is C27H28N2O4. The van der Waals surface area contributed by atoms with Gasteiger partial charge in [-0.2, -0.15) is 0 Å². The molecule has 0 spiro atoms. The van der Waals surface area contributed by atoms with Gasteiger partial charge < -0.3 is 19.7 Å². The molecule has 1 atom stereocenters. The second-order valence-corrected chi connectivity index (χ2v) is 8.05. The molecule has 0 saturated carbocycles. The van der Waals surface area contributed by atoms with Crippen molar-refractivity contribution < 1.29 is 19.1 Å². The van der Waals surface area contributed by atoms with Gasteiger partial charge in [0, 0.05) is 19.6 Å². The third kappa shape index (κ3) is 5.00. The minimum Gasteiger partial charge on any atom is -0.496 e. The predicted molar refractivity (Wildman–Crippen MR) is 128 cm³/mol. The van der Waals surface area contributed by atoms with Crippen LogP contribution in [0.5, 0.6) is 11.5 Å². The number of rotatable bonds is 6. The highest BCUT2D eigenvalue weighted by atomic mass is 16.5. The maximum Gasteiger partial charge on any atom is 0.261 e. The molecular weight excluding hydrogens is 416 g/mol. The average Bonchev–Trinajstić information content (AvgIpc) is 3.05. The third-order valence-corrected chi connectivity index (χ3v) is 5.94. The number of hydrogen-bond donors (Lipinski definition) is 1. The van der Waals surface area contributed by atoms with E-state index >= 15 is 0 Å². The molecule has 1 aliphatic rings. The minimum atomic E-state index is -0.358. The highest BCUT2D eigenvalue weighted by Crippen LogP contribution is 2.30. The number of methoxy groups -OCH3 is 2. The van der Waals surface area contributed by atoms with Crippen LogP contribution in [0.1, 0.15) is 15.9 Å². The van der Waals surface area contributed by atoms with E-state index in [0.29, 0.717) is 43.1 Å². The van der Waals surface area contributed by atoms with E-state index in [0.717, 1.165) is 16.7 Å². The summed E-state index contributed by atoms with van der Waals surface area (Å²) in [6.45, 7) is 1.15. The van der Waals surface area contributed by atoms with Crippen molar-refractivity contribution in [1.82, 2.24) is 10.2 Å². The monoisotopic (exact) mass is 444 g/mol. The van der Waals surface area contributed by atoms with Crippen LogP contribution < -0.4 is 14.8 Å². The number of amides is 2. The molecule has 0 bridgehead atoms. The van der Waals surface area contributed by atoms with Gasteiger partial charge in [0.15, 0.2) is 0 Å². The van der Waals surface area contributed by atoms with Gasteiger partial charge in [0.2, 0.25) is 5.91 Å². The van der Waals surface area contributed by atoms with E-state index in [-0.39, 0.29) is 17.7 Å². The van der Waals surface area contributed by atoms with Crippen molar-refractivity contribution in [2.24, 2.45) is 5.92 Å². The van der Waals surface area contributed by atoms with Gasteiger partial charge in [-0.1, -0.05) is 60.7 Å². The van der Waals surface area contributed by atoms with Crippen LogP contribution in [0.4, 0.5) is 0 Å². The lowest BCUT2D eigenvalue weighted by Crippen LogP contribution is -2.37. The summed E-state index contributed by atoms with van der Waals surface area (Å²) in [7, 11) is 3.06. The van der Waals surface area contributed by atoms with E-state index in [2.05, 4.69) is 29.6 Å². The minimum absolute atomic E-state index is 0.0394. The van der Waals surface area contributed by atoms with E-state index in [1.807, 2.05) is 30.3 Å². The largest absolute Gasteiger partial charge is 0.496 e. The first-order chi connectivity index (χ1) is 16.1. The highest BCUT2D eigenvalue weighted by molar-refractivity contribution is 6.00. The van der Waals surface area contributed by atoms with Crippen molar-refractivity contribution >= 4 is 11.8 Å². The SMILES string of the molecule is COc1cccc(OC)c1C(=O)N1CCNC(=O)C(Cc2cccc(-c3ccccc3)c2)C1. The van der Waals surface area contributed by atoms with Gasteiger partial charge in [-0.15, -0.1) is 0 Å². The Labute approximate surface area is 194 Å². The molecule has 3 aromatic rings. The van der Waals surface area contributed by atoms with Crippen LogP contribution in [0.25, 0.3) is 11.1 Å². The Morgan fingerprint density at radius 2 is 1.61 bits per heavy atom. The fraction of sp³-hybridized carbons (Fsp3) is 0.259. The molecule has 1 fully saturated rings. The molecule has 1 heterocycles. The third-order valence-electron chi connectivity index (χ3n) is 5.94. The number of nitrogens with one attached hydrogen (secondary N) is 1. The highest BCUT2D eigenvalue weighted by Gasteiger charge is 2.31. The van der Waals surface area contributed by atoms with E-state index in [1.54, 1.807) is 23.1 Å². The van der Waals surface area contributed by atoms with Gasteiger partial charge >= 0.3 is 0 Å². The quantitative estimate of drug-likeness (QED) is 0.628. The smallest absolute Gasteiger partial charge is 0.261 e. The van der Waals surface area contributed by atoms with Gasteiger partial charge in [-0.3, -0.25) is 9.59 Å². The molecule has 170 valence electrons. The van der Waals surface area contributed by atoms with Crippen LogP contribution in [0, 0.1) is 5.92 Å². The van der Waals surface area contributed by atoms with Crippen molar-refractivity contribution in [3.8, 4) is 22.6 Å². The van der Waals surface area contributed by atoms with E-state index in [4.69, 9.17) is 9.47 Å². The topological polar surface area (TPSA) is 67.9 Å². The van der Waals surface area contributed by atoms with E-state index in [1.165, 1.54) is 14.2 Å². The maximum atomic E-state index is 13.5. The lowest BCUT2D eigenvalue weighted by molar-refractivity contribution is -0.124. The van der Waals surface area contributed by atoms with Crippen LogP contribution in [0.15, 0.2) is 72.8 Å². The first-order valence-corrected chi connectivity index (χ1v) is 11.0. The molecule has 1 N–H and O–H groups in total. The second kappa shape index (κ2) is 10.2. The molecule has 0 radical (unpaired) electrons. The number of nitrogens with zero attached hydrogens (tertiary/aromatic N) is 1. The zero-order chi connectivity index (χ0) is 23.2. The lowest BCUT2D eigenvalue weighted by atomic mass is 9.95. The van der Waals surface area contributed by atoms with Crippen molar-refractivity contribution in [2.75, 3.05) is 33.9 Å². The molecule has 3 aromatic carbocycles. The summed E-state index contributed by atoms with van der Waals surface area (Å²) in [5.41, 5.74) is 3.67. The Balaban J connectivity index is 1.57. The first-order valence-electron chi connectivity index (χ1n) is 11.0. The van der Waals surface area contributed by atoms with Crippen LogP contribution in [-0.2, 0) is 11.2 Å². The van der Waals surface area contributed by atoms with Gasteiger partial charge in [0.05, 0.1) is 20.1 Å². The summed E-state index contributed by atoms with van der Waals surface area (Å²) < 4.78 is 10.8. The van der Waals surface area contributed by atoms with Gasteiger partial charge in [0.25, 0.3) is 5.91 Å².